The predicted octanol–water partition coefficient (Wildman–Crippen LogP) is 5.69. The maximum atomic E-state index is 13.2. The number of imidazole rings is 1. The van der Waals surface area contributed by atoms with E-state index in [0.29, 0.717) is 11.4 Å². The van der Waals surface area contributed by atoms with Crippen molar-refractivity contribution in [2.75, 3.05) is 5.75 Å². The number of carbonyl (C=O) groups is 1. The first-order chi connectivity index (χ1) is 15.2. The van der Waals surface area contributed by atoms with Crippen LogP contribution in [0.15, 0.2) is 89.1 Å². The fraction of sp³-hybridized carbons (Fsp3) is 0.125. The van der Waals surface area contributed by atoms with E-state index in [-0.39, 0.29) is 17.7 Å². The number of thioether (sulfide) groups is 1. The van der Waals surface area contributed by atoms with Gasteiger partial charge in [-0.05, 0) is 35.4 Å². The summed E-state index contributed by atoms with van der Waals surface area (Å²) in [7, 11) is 0. The van der Waals surface area contributed by atoms with Crippen molar-refractivity contribution in [2.45, 2.75) is 17.6 Å². The zero-order chi connectivity index (χ0) is 21.2. The Morgan fingerprint density at radius 1 is 1.03 bits per heavy atom. The van der Waals surface area contributed by atoms with Crippen molar-refractivity contribution in [1.82, 2.24) is 15.0 Å². The van der Waals surface area contributed by atoms with Crippen LogP contribution in [0.4, 0.5) is 0 Å². The van der Waals surface area contributed by atoms with Gasteiger partial charge in [0.2, 0.25) is 0 Å². The lowest BCUT2D eigenvalue weighted by atomic mass is 9.98. The van der Waals surface area contributed by atoms with Crippen LogP contribution in [0.25, 0.3) is 11.0 Å². The van der Waals surface area contributed by atoms with Crippen molar-refractivity contribution < 1.29 is 4.79 Å². The summed E-state index contributed by atoms with van der Waals surface area (Å²) < 4.78 is 0. The summed E-state index contributed by atoms with van der Waals surface area (Å²) in [5, 5.41) is 7.74. The van der Waals surface area contributed by atoms with E-state index < -0.39 is 0 Å². The number of benzene rings is 3. The molecular weight excluding hydrogens is 428 g/mol. The van der Waals surface area contributed by atoms with Crippen molar-refractivity contribution in [1.29, 1.82) is 0 Å². The lowest BCUT2D eigenvalue weighted by Crippen LogP contribution is -2.28. The second kappa shape index (κ2) is 8.57. The first-order valence-electron chi connectivity index (χ1n) is 9.95. The third-order valence-corrected chi connectivity index (χ3v) is 6.34. The molecule has 5 nitrogen and oxygen atoms in total. The minimum Gasteiger partial charge on any atom is -0.333 e. The number of carbonyl (C=O) groups excluding carboxylic acids is 1. The molecule has 1 unspecified atom stereocenters. The van der Waals surface area contributed by atoms with Crippen molar-refractivity contribution in [3.63, 3.8) is 0 Å². The number of aromatic nitrogens is 2. The maximum absolute atomic E-state index is 13.2. The number of para-hydroxylation sites is 2. The zero-order valence-electron chi connectivity index (χ0n) is 16.5. The predicted molar refractivity (Wildman–Crippen MR) is 125 cm³/mol. The second-order valence-electron chi connectivity index (χ2n) is 7.27. The molecule has 0 saturated carbocycles. The molecule has 0 spiro atoms. The molecular formula is C24H19ClN4OS. The van der Waals surface area contributed by atoms with Crippen LogP contribution in [0.5, 0.6) is 0 Å². The molecule has 1 atom stereocenters. The van der Waals surface area contributed by atoms with E-state index in [9.17, 15) is 4.79 Å². The van der Waals surface area contributed by atoms with E-state index in [4.69, 9.17) is 16.7 Å². The van der Waals surface area contributed by atoms with Crippen LogP contribution in [0, 0.1) is 0 Å². The first kappa shape index (κ1) is 19.8. The van der Waals surface area contributed by atoms with E-state index in [1.165, 1.54) is 11.8 Å². The van der Waals surface area contributed by atoms with Crippen molar-refractivity contribution in [2.24, 2.45) is 5.10 Å². The molecule has 0 bridgehead atoms. The lowest BCUT2D eigenvalue weighted by Gasteiger charge is -2.21. The molecule has 1 N–H and O–H groups in total. The van der Waals surface area contributed by atoms with E-state index in [1.54, 1.807) is 5.01 Å². The van der Waals surface area contributed by atoms with Gasteiger partial charge in [-0.2, -0.15) is 5.10 Å². The van der Waals surface area contributed by atoms with Crippen LogP contribution in [0.3, 0.4) is 0 Å². The van der Waals surface area contributed by atoms with Gasteiger partial charge in [0.15, 0.2) is 5.16 Å². The number of aromatic amines is 1. The fourth-order valence-electron chi connectivity index (χ4n) is 3.69. The minimum atomic E-state index is -0.129. The van der Waals surface area contributed by atoms with Gasteiger partial charge in [0, 0.05) is 11.4 Å². The summed E-state index contributed by atoms with van der Waals surface area (Å²) in [6.45, 7) is 0. The molecule has 1 aromatic heterocycles. The molecule has 4 aromatic rings. The first-order valence-corrected chi connectivity index (χ1v) is 11.3. The Hall–Kier alpha value is -3.09. The average molecular weight is 447 g/mol. The van der Waals surface area contributed by atoms with E-state index in [0.717, 1.165) is 33.0 Å². The van der Waals surface area contributed by atoms with Gasteiger partial charge in [0.1, 0.15) is 0 Å². The highest BCUT2D eigenvalue weighted by molar-refractivity contribution is 7.99. The summed E-state index contributed by atoms with van der Waals surface area (Å²) in [6.07, 6.45) is 0.659. The molecule has 1 amide bonds. The molecule has 0 aliphatic carbocycles. The highest BCUT2D eigenvalue weighted by atomic mass is 35.5. The van der Waals surface area contributed by atoms with Gasteiger partial charge in [0.25, 0.3) is 5.91 Å². The normalized spacial score (nSPS) is 16.0. The Morgan fingerprint density at radius 3 is 2.55 bits per heavy atom. The smallest absolute Gasteiger partial charge is 0.253 e. The topological polar surface area (TPSA) is 61.4 Å². The Morgan fingerprint density at radius 2 is 1.77 bits per heavy atom. The number of nitrogens with one attached hydrogen (secondary N) is 1. The van der Waals surface area contributed by atoms with Crippen LogP contribution in [0.2, 0.25) is 5.02 Å². The Labute approximate surface area is 189 Å². The number of halogens is 1. The van der Waals surface area contributed by atoms with E-state index >= 15 is 0 Å². The molecule has 0 saturated heterocycles. The Bertz CT molecular complexity index is 1220. The lowest BCUT2D eigenvalue weighted by molar-refractivity contribution is -0.130. The number of hydrogen-bond acceptors (Lipinski definition) is 4. The number of hydrazone groups is 1. The second-order valence-corrected chi connectivity index (χ2v) is 8.67. The van der Waals surface area contributed by atoms with Crippen LogP contribution >= 0.6 is 23.4 Å². The molecule has 2 heterocycles. The van der Waals surface area contributed by atoms with Gasteiger partial charge in [-0.25, -0.2) is 9.99 Å². The van der Waals surface area contributed by atoms with Crippen LogP contribution < -0.4 is 0 Å². The number of fused-ring (bicyclic) bond motifs is 1. The van der Waals surface area contributed by atoms with Gasteiger partial charge in [0.05, 0.1) is 28.5 Å². The molecule has 0 fully saturated rings. The highest BCUT2D eigenvalue weighted by Gasteiger charge is 2.33. The fourth-order valence-corrected chi connectivity index (χ4v) is 4.55. The summed E-state index contributed by atoms with van der Waals surface area (Å²) in [4.78, 5) is 21.0. The number of nitrogens with zero attached hydrogens (tertiary/aromatic N) is 3. The van der Waals surface area contributed by atoms with Gasteiger partial charge in [-0.1, -0.05) is 78.0 Å². The standard InChI is InChI=1S/C24H19ClN4OS/c25-18-12-10-16(11-13-18)21-14-22(17-6-2-1-3-7-17)29(28-21)23(30)15-31-24-26-19-8-4-5-9-20(19)27-24/h1-13,22H,14-15H2,(H,26,27). The molecule has 3 aromatic carbocycles. The number of H-pyrrole nitrogens is 1. The third kappa shape index (κ3) is 4.22. The average Bonchev–Trinajstić information content (AvgIpc) is 3.43. The van der Waals surface area contributed by atoms with Crippen molar-refractivity contribution in [3.05, 3.63) is 95.0 Å². The van der Waals surface area contributed by atoms with Crippen molar-refractivity contribution >= 4 is 46.0 Å². The van der Waals surface area contributed by atoms with Gasteiger partial charge >= 0.3 is 0 Å². The molecule has 5 rings (SSSR count). The largest absolute Gasteiger partial charge is 0.333 e. The number of hydrogen-bond donors (Lipinski definition) is 1. The van der Waals surface area contributed by atoms with Crippen LogP contribution in [-0.4, -0.2) is 32.3 Å². The quantitative estimate of drug-likeness (QED) is 0.401. The molecule has 0 radical (unpaired) electrons. The Kier molecular flexibility index (Phi) is 5.49. The van der Waals surface area contributed by atoms with Gasteiger partial charge in [-0.15, -0.1) is 0 Å². The molecule has 154 valence electrons. The highest BCUT2D eigenvalue weighted by Crippen LogP contribution is 2.34. The molecule has 1 aliphatic rings. The SMILES string of the molecule is O=C(CSc1nc2ccccc2[nH]1)N1N=C(c2ccc(Cl)cc2)CC1c1ccccc1. The molecule has 31 heavy (non-hydrogen) atoms. The zero-order valence-corrected chi connectivity index (χ0v) is 18.1. The maximum Gasteiger partial charge on any atom is 0.253 e. The monoisotopic (exact) mass is 446 g/mol. The van der Waals surface area contributed by atoms with Gasteiger partial charge < -0.3 is 4.98 Å². The number of rotatable bonds is 5. The third-order valence-electron chi connectivity index (χ3n) is 5.23. The Balaban J connectivity index is 1.38. The van der Waals surface area contributed by atoms with Crippen LogP contribution in [0.1, 0.15) is 23.6 Å². The summed E-state index contributed by atoms with van der Waals surface area (Å²) in [6, 6.07) is 25.3. The minimum absolute atomic E-state index is 0.0525. The van der Waals surface area contributed by atoms with Crippen molar-refractivity contribution in [3.8, 4) is 0 Å². The summed E-state index contributed by atoms with van der Waals surface area (Å²) in [5.41, 5.74) is 4.78. The summed E-state index contributed by atoms with van der Waals surface area (Å²) in [5.74, 6) is 0.198. The van der Waals surface area contributed by atoms with E-state index in [2.05, 4.69) is 9.97 Å². The van der Waals surface area contributed by atoms with Gasteiger partial charge in [-0.3, -0.25) is 4.79 Å². The van der Waals surface area contributed by atoms with Crippen LogP contribution in [-0.2, 0) is 4.79 Å². The molecule has 7 heteroatoms. The number of amides is 1. The summed E-state index contributed by atoms with van der Waals surface area (Å²) >= 11 is 7.43. The molecule has 1 aliphatic heterocycles. The van der Waals surface area contributed by atoms with E-state index in [1.807, 2.05) is 78.9 Å².